The smallest absolute Gasteiger partial charge is 0.287 e. The van der Waals surface area contributed by atoms with Crippen LogP contribution in [0.15, 0.2) is 33.0 Å². The first-order valence-corrected chi connectivity index (χ1v) is 13.7. The number of benzene rings is 1. The predicted molar refractivity (Wildman–Crippen MR) is 130 cm³/mol. The molecule has 1 atom stereocenters. The van der Waals surface area contributed by atoms with Crippen LogP contribution in [0.3, 0.4) is 0 Å². The molecule has 1 amide bonds. The largest absolute Gasteiger partial charge is 0.451 e. The van der Waals surface area contributed by atoms with E-state index in [0.717, 1.165) is 70.1 Å². The van der Waals surface area contributed by atoms with Crippen LogP contribution in [0.5, 0.6) is 0 Å². The normalized spacial score (nSPS) is 21.9. The Morgan fingerprint density at radius 3 is 2.88 bits per heavy atom. The maximum Gasteiger partial charge on any atom is 0.287 e. The van der Waals surface area contributed by atoms with Gasteiger partial charge in [-0.3, -0.25) is 9.69 Å². The number of para-hydroxylation sites is 1. The highest BCUT2D eigenvalue weighted by Crippen LogP contribution is 2.35. The zero-order chi connectivity index (χ0) is 22.0. The van der Waals surface area contributed by atoms with Crippen molar-refractivity contribution in [3.8, 4) is 0 Å². The second kappa shape index (κ2) is 9.72. The average molecular weight is 491 g/mol. The third-order valence-electron chi connectivity index (χ3n) is 6.09. The molecule has 0 aliphatic carbocycles. The summed E-state index contributed by atoms with van der Waals surface area (Å²) in [5, 5.41) is 13.4. The Balaban J connectivity index is 1.35. The quantitative estimate of drug-likeness (QED) is 0.501. The molecule has 1 unspecified atom stereocenters. The average Bonchev–Trinajstić information content (AvgIpc) is 3.56. The number of furan rings is 1. The summed E-state index contributed by atoms with van der Waals surface area (Å²) in [5.74, 6) is 3.03. The van der Waals surface area contributed by atoms with Crippen LogP contribution in [0.1, 0.15) is 27.5 Å². The van der Waals surface area contributed by atoms with Crippen LogP contribution in [0, 0.1) is 6.92 Å². The van der Waals surface area contributed by atoms with Gasteiger partial charge in [-0.2, -0.15) is 11.8 Å². The van der Waals surface area contributed by atoms with Crippen LogP contribution in [-0.2, 0) is 10.5 Å². The Bertz CT molecular complexity index is 1090. The van der Waals surface area contributed by atoms with Crippen molar-refractivity contribution in [2.24, 2.45) is 0 Å². The van der Waals surface area contributed by atoms with Crippen molar-refractivity contribution < 1.29 is 13.9 Å². The maximum absolute atomic E-state index is 13.3. The van der Waals surface area contributed by atoms with Crippen molar-refractivity contribution in [3.63, 3.8) is 0 Å². The first-order chi connectivity index (χ1) is 15.6. The van der Waals surface area contributed by atoms with E-state index in [2.05, 4.69) is 20.4 Å². The van der Waals surface area contributed by atoms with Crippen molar-refractivity contribution in [2.45, 2.75) is 29.0 Å². The van der Waals surface area contributed by atoms with Crippen molar-refractivity contribution in [2.75, 3.05) is 44.4 Å². The van der Waals surface area contributed by atoms with Gasteiger partial charge in [0.15, 0.2) is 10.1 Å². The van der Waals surface area contributed by atoms with Gasteiger partial charge >= 0.3 is 0 Å². The molecular weight excluding hydrogens is 464 g/mol. The number of nitrogens with zero attached hydrogens (tertiary/aromatic N) is 3. The van der Waals surface area contributed by atoms with Crippen LogP contribution in [-0.4, -0.2) is 70.9 Å². The molecule has 10 heteroatoms. The molecule has 2 aliphatic rings. The van der Waals surface area contributed by atoms with E-state index in [1.165, 1.54) is 0 Å². The lowest BCUT2D eigenvalue weighted by molar-refractivity contribution is -0.0129. The van der Waals surface area contributed by atoms with Gasteiger partial charge in [0.2, 0.25) is 0 Å². The van der Waals surface area contributed by atoms with Gasteiger partial charge in [0.25, 0.3) is 5.91 Å². The summed E-state index contributed by atoms with van der Waals surface area (Å²) in [6.07, 6.45) is 1.08. The summed E-state index contributed by atoms with van der Waals surface area (Å²) in [7, 11) is 0. The van der Waals surface area contributed by atoms with E-state index in [1.54, 1.807) is 23.1 Å². The van der Waals surface area contributed by atoms with Crippen LogP contribution in [0.25, 0.3) is 11.0 Å². The Labute approximate surface area is 199 Å². The number of carbonyl (C=O) groups is 1. The molecule has 0 spiro atoms. The maximum atomic E-state index is 13.3. The second-order valence-corrected chi connectivity index (χ2v) is 11.6. The highest BCUT2D eigenvalue weighted by molar-refractivity contribution is 8.00. The molecule has 0 saturated carbocycles. The molecule has 2 aliphatic heterocycles. The fourth-order valence-electron chi connectivity index (χ4n) is 4.36. The minimum Gasteiger partial charge on any atom is -0.451 e. The molecule has 2 fully saturated rings. The van der Waals surface area contributed by atoms with Gasteiger partial charge in [0.05, 0.1) is 13.2 Å². The summed E-state index contributed by atoms with van der Waals surface area (Å²) in [6.45, 7) is 5.93. The highest BCUT2D eigenvalue weighted by Gasteiger charge is 2.41. The molecule has 5 rings (SSSR count). The van der Waals surface area contributed by atoms with Crippen LogP contribution in [0.2, 0.25) is 0 Å². The van der Waals surface area contributed by atoms with E-state index < -0.39 is 0 Å². The Morgan fingerprint density at radius 2 is 2.12 bits per heavy atom. The predicted octanol–water partition coefficient (Wildman–Crippen LogP) is 3.82. The summed E-state index contributed by atoms with van der Waals surface area (Å²) in [5.41, 5.74) is 1.65. The lowest BCUT2D eigenvalue weighted by Gasteiger charge is -2.43. The molecule has 2 saturated heterocycles. The van der Waals surface area contributed by atoms with Gasteiger partial charge in [-0.1, -0.05) is 41.3 Å². The number of carbonyl (C=O) groups excluding carboxylic acids is 1. The number of fused-ring (bicyclic) bond motifs is 1. The van der Waals surface area contributed by atoms with E-state index in [4.69, 9.17) is 9.15 Å². The minimum atomic E-state index is -0.144. The summed E-state index contributed by atoms with van der Waals surface area (Å²) in [6, 6.07) is 7.84. The molecule has 2 aromatic heterocycles. The monoisotopic (exact) mass is 490 g/mol. The molecular formula is C22H26N4O3S3. The zero-order valence-corrected chi connectivity index (χ0v) is 20.4. The number of hydrogen-bond donors (Lipinski definition) is 1. The van der Waals surface area contributed by atoms with Gasteiger partial charge in [-0.05, 0) is 25.2 Å². The van der Waals surface area contributed by atoms with Gasteiger partial charge in [0, 0.05) is 47.6 Å². The zero-order valence-electron chi connectivity index (χ0n) is 18.0. The number of morpholine rings is 1. The number of hydrogen-bond acceptors (Lipinski definition) is 9. The first-order valence-electron chi connectivity index (χ1n) is 10.8. The van der Waals surface area contributed by atoms with Gasteiger partial charge in [0.1, 0.15) is 10.6 Å². The Kier molecular flexibility index (Phi) is 6.75. The molecule has 0 radical (unpaired) electrons. The molecule has 1 N–H and O–H groups in total. The molecule has 170 valence electrons. The molecule has 1 aromatic carbocycles. The third kappa shape index (κ3) is 4.56. The van der Waals surface area contributed by atoms with Crippen LogP contribution >= 0.6 is 34.9 Å². The van der Waals surface area contributed by atoms with Crippen LogP contribution < -0.4 is 5.32 Å². The molecule has 3 aromatic rings. The van der Waals surface area contributed by atoms with E-state index in [1.807, 2.05) is 43.0 Å². The van der Waals surface area contributed by atoms with Crippen molar-refractivity contribution in [1.29, 1.82) is 0 Å². The van der Waals surface area contributed by atoms with Gasteiger partial charge < -0.3 is 14.5 Å². The Morgan fingerprint density at radius 1 is 1.28 bits per heavy atom. The number of aromatic nitrogens is 2. The van der Waals surface area contributed by atoms with Crippen LogP contribution in [0.4, 0.5) is 0 Å². The van der Waals surface area contributed by atoms with Crippen molar-refractivity contribution in [3.05, 3.63) is 40.6 Å². The second-order valence-electron chi connectivity index (χ2n) is 8.09. The molecule has 32 heavy (non-hydrogen) atoms. The van der Waals surface area contributed by atoms with Gasteiger partial charge in [-0.15, -0.1) is 10.2 Å². The fraction of sp³-hybridized carbons (Fsp3) is 0.500. The van der Waals surface area contributed by atoms with Crippen molar-refractivity contribution >= 4 is 51.7 Å². The number of amides is 1. The highest BCUT2D eigenvalue weighted by atomic mass is 32.2. The van der Waals surface area contributed by atoms with Crippen molar-refractivity contribution in [1.82, 2.24) is 20.4 Å². The van der Waals surface area contributed by atoms with E-state index in [-0.39, 0.29) is 11.4 Å². The summed E-state index contributed by atoms with van der Waals surface area (Å²) < 4.78 is 12.5. The first kappa shape index (κ1) is 22.2. The number of aryl methyl sites for hydroxylation is 1. The summed E-state index contributed by atoms with van der Waals surface area (Å²) >= 11 is 5.12. The lowest BCUT2D eigenvalue weighted by Crippen LogP contribution is -2.59. The van der Waals surface area contributed by atoms with E-state index >= 15 is 0 Å². The minimum absolute atomic E-state index is 0.00484. The topological polar surface area (TPSA) is 80.5 Å². The van der Waals surface area contributed by atoms with E-state index in [9.17, 15) is 4.79 Å². The molecule has 0 bridgehead atoms. The van der Waals surface area contributed by atoms with E-state index in [0.29, 0.717) is 18.1 Å². The number of ether oxygens (including phenoxy) is 1. The fourth-order valence-corrected chi connectivity index (χ4v) is 7.68. The summed E-state index contributed by atoms with van der Waals surface area (Å²) in [4.78, 5) is 15.8. The number of thioether (sulfide) groups is 2. The van der Waals surface area contributed by atoms with Gasteiger partial charge in [-0.25, -0.2) is 0 Å². The molecule has 7 nitrogen and oxygen atoms in total. The SMILES string of the molecule is Cc1nnc(SCc2c(C(=O)NCC3(N4CCOCC4)CCSC3)oc3ccccc23)s1. The standard InChI is InChI=1S/C22H26N4O3S3/c1-15-24-25-21(32-15)31-12-17-16-4-2-3-5-18(16)29-19(17)20(27)23-13-22(6-11-30-14-22)26-7-9-28-10-8-26/h2-5H,6-14H2,1H3,(H,23,27). The number of nitrogens with one attached hydrogen (secondary N) is 1. The lowest BCUT2D eigenvalue weighted by atomic mass is 9.95. The molecule has 4 heterocycles. The third-order valence-corrected chi connectivity index (χ3v) is 9.33. The number of rotatable bonds is 7. The Hall–Kier alpha value is -1.59.